The van der Waals surface area contributed by atoms with Gasteiger partial charge < -0.3 is 9.47 Å². The van der Waals surface area contributed by atoms with E-state index in [1.165, 1.54) is 0 Å². The van der Waals surface area contributed by atoms with Crippen LogP contribution in [0.5, 0.6) is 11.5 Å². The molecule has 128 valence electrons. The maximum absolute atomic E-state index is 12.4. The van der Waals surface area contributed by atoms with E-state index >= 15 is 0 Å². The topological polar surface area (TPSA) is 64.6 Å². The number of hydrogen-bond donors (Lipinski definition) is 1. The summed E-state index contributed by atoms with van der Waals surface area (Å²) in [5, 5.41) is 0.516. The predicted molar refractivity (Wildman–Crippen MR) is 93.1 cm³/mol. The molecule has 0 saturated carbocycles. The fourth-order valence-corrected chi connectivity index (χ4v) is 4.14. The van der Waals surface area contributed by atoms with Crippen molar-refractivity contribution < 1.29 is 17.9 Å². The lowest BCUT2D eigenvalue weighted by Crippen LogP contribution is -2.28. The molecule has 0 spiro atoms. The molecule has 1 heterocycles. The van der Waals surface area contributed by atoms with E-state index < -0.39 is 10.0 Å². The number of benzene rings is 2. The molecule has 0 bridgehead atoms. The minimum Gasteiger partial charge on any atom is -0.486 e. The fraction of sp³-hybridized carbons (Fsp3) is 0.294. The molecule has 1 N–H and O–H groups in total. The van der Waals surface area contributed by atoms with Gasteiger partial charge in [-0.2, -0.15) is 0 Å². The molecule has 0 amide bonds. The molecule has 7 heteroatoms. The lowest BCUT2D eigenvalue weighted by atomic mass is 10.1. The number of ether oxygens (including phenoxy) is 2. The third-order valence-electron chi connectivity index (χ3n) is 3.67. The van der Waals surface area contributed by atoms with Crippen molar-refractivity contribution in [2.45, 2.75) is 18.7 Å². The first-order chi connectivity index (χ1) is 11.4. The van der Waals surface area contributed by atoms with Crippen molar-refractivity contribution in [1.82, 2.24) is 4.72 Å². The minimum atomic E-state index is -3.50. The van der Waals surface area contributed by atoms with Gasteiger partial charge in [-0.1, -0.05) is 29.8 Å². The van der Waals surface area contributed by atoms with Gasteiger partial charge in [-0.05, 0) is 42.3 Å². The summed E-state index contributed by atoms with van der Waals surface area (Å²) in [6.45, 7) is 2.81. The molecule has 1 aliphatic rings. The van der Waals surface area contributed by atoms with Crippen molar-refractivity contribution in [3.8, 4) is 11.5 Å². The Balaban J connectivity index is 1.72. The Morgan fingerprint density at radius 3 is 2.62 bits per heavy atom. The summed E-state index contributed by atoms with van der Waals surface area (Å²) in [6, 6.07) is 11.9. The molecule has 0 unspecified atom stereocenters. The van der Waals surface area contributed by atoms with Gasteiger partial charge in [0.2, 0.25) is 10.0 Å². The largest absolute Gasteiger partial charge is 0.486 e. The van der Waals surface area contributed by atoms with Crippen LogP contribution in [0.1, 0.15) is 24.1 Å². The zero-order valence-electron chi connectivity index (χ0n) is 13.2. The highest BCUT2D eigenvalue weighted by Gasteiger charge is 2.19. The summed E-state index contributed by atoms with van der Waals surface area (Å²) in [4.78, 5) is 0. The molecule has 0 fully saturated rings. The molecule has 2 aromatic carbocycles. The fourth-order valence-electron chi connectivity index (χ4n) is 2.55. The van der Waals surface area contributed by atoms with Crippen molar-refractivity contribution in [3.63, 3.8) is 0 Å². The molecule has 0 radical (unpaired) electrons. The first-order valence-corrected chi connectivity index (χ1v) is 9.60. The van der Waals surface area contributed by atoms with E-state index in [4.69, 9.17) is 21.1 Å². The Morgan fingerprint density at radius 2 is 1.88 bits per heavy atom. The van der Waals surface area contributed by atoms with E-state index in [0.717, 1.165) is 5.56 Å². The third kappa shape index (κ3) is 4.20. The summed E-state index contributed by atoms with van der Waals surface area (Å²) in [5.41, 5.74) is 1.46. The average molecular weight is 368 g/mol. The predicted octanol–water partition coefficient (Wildman–Crippen LogP) is 3.29. The second-order valence-electron chi connectivity index (χ2n) is 5.63. The maximum atomic E-state index is 12.4. The monoisotopic (exact) mass is 367 g/mol. The van der Waals surface area contributed by atoms with Crippen molar-refractivity contribution >= 4 is 21.6 Å². The quantitative estimate of drug-likeness (QED) is 0.880. The van der Waals surface area contributed by atoms with Gasteiger partial charge in [0.15, 0.2) is 11.5 Å². The van der Waals surface area contributed by atoms with Crippen molar-refractivity contribution in [2.75, 3.05) is 13.2 Å². The lowest BCUT2D eigenvalue weighted by molar-refractivity contribution is 0.171. The van der Waals surface area contributed by atoms with E-state index in [-0.39, 0.29) is 11.8 Å². The van der Waals surface area contributed by atoms with Gasteiger partial charge in [0, 0.05) is 11.1 Å². The molecule has 1 aliphatic heterocycles. The highest BCUT2D eigenvalue weighted by molar-refractivity contribution is 7.88. The first-order valence-electron chi connectivity index (χ1n) is 7.57. The lowest BCUT2D eigenvalue weighted by Gasteiger charge is -2.21. The van der Waals surface area contributed by atoms with Crippen LogP contribution in [0.2, 0.25) is 5.02 Å². The molecule has 24 heavy (non-hydrogen) atoms. The number of nitrogens with one attached hydrogen (secondary N) is 1. The molecular formula is C17H18ClNO4S. The standard InChI is InChI=1S/C17H18ClNO4S/c1-12(14-5-6-16-17(10-14)23-8-7-22-16)19-24(20,21)11-13-3-2-4-15(18)9-13/h2-6,9-10,12,19H,7-8,11H2,1H3/t12-/m0/s1. The van der Waals surface area contributed by atoms with Crippen molar-refractivity contribution in [2.24, 2.45) is 0 Å². The van der Waals surface area contributed by atoms with Crippen molar-refractivity contribution in [3.05, 3.63) is 58.6 Å². The summed E-state index contributed by atoms with van der Waals surface area (Å²) in [5.74, 6) is 1.20. The van der Waals surface area contributed by atoms with Crippen LogP contribution in [-0.2, 0) is 15.8 Å². The molecule has 1 atom stereocenters. The van der Waals surface area contributed by atoms with Gasteiger partial charge in [0.1, 0.15) is 13.2 Å². The van der Waals surface area contributed by atoms with Crippen LogP contribution in [0.15, 0.2) is 42.5 Å². The van der Waals surface area contributed by atoms with E-state index in [0.29, 0.717) is 35.3 Å². The number of fused-ring (bicyclic) bond motifs is 1. The summed E-state index contributed by atoms with van der Waals surface area (Å²) >= 11 is 5.90. The van der Waals surface area contributed by atoms with Gasteiger partial charge in [-0.25, -0.2) is 13.1 Å². The molecule has 0 saturated heterocycles. The van der Waals surface area contributed by atoms with Gasteiger partial charge in [0.05, 0.1) is 5.75 Å². The average Bonchev–Trinajstić information content (AvgIpc) is 2.53. The van der Waals surface area contributed by atoms with Gasteiger partial charge >= 0.3 is 0 Å². The highest BCUT2D eigenvalue weighted by Crippen LogP contribution is 2.32. The van der Waals surface area contributed by atoms with E-state index in [1.807, 2.05) is 6.07 Å². The normalized spacial score (nSPS) is 15.1. The number of hydrogen-bond acceptors (Lipinski definition) is 4. The minimum absolute atomic E-state index is 0.123. The molecular weight excluding hydrogens is 350 g/mol. The van der Waals surface area contributed by atoms with Crippen molar-refractivity contribution in [1.29, 1.82) is 0 Å². The zero-order valence-corrected chi connectivity index (χ0v) is 14.7. The molecule has 2 aromatic rings. The Morgan fingerprint density at radius 1 is 1.12 bits per heavy atom. The van der Waals surface area contributed by atoms with Crippen LogP contribution in [0.25, 0.3) is 0 Å². The third-order valence-corrected chi connectivity index (χ3v) is 5.33. The van der Waals surface area contributed by atoms with Crippen LogP contribution in [-0.4, -0.2) is 21.6 Å². The van der Waals surface area contributed by atoms with Gasteiger partial charge in [-0.3, -0.25) is 0 Å². The highest BCUT2D eigenvalue weighted by atomic mass is 35.5. The number of halogens is 1. The SMILES string of the molecule is C[C@H](NS(=O)(=O)Cc1cccc(Cl)c1)c1ccc2c(c1)OCCO2. The summed E-state index contributed by atoms with van der Waals surface area (Å²) in [6.07, 6.45) is 0. The molecule has 3 rings (SSSR count). The van der Waals surface area contributed by atoms with Crippen LogP contribution >= 0.6 is 11.6 Å². The first kappa shape index (κ1) is 17.1. The Bertz CT molecular complexity index is 838. The van der Waals surface area contributed by atoms with Crippen LogP contribution in [0, 0.1) is 0 Å². The number of rotatable bonds is 5. The second kappa shape index (κ2) is 7.01. The van der Waals surface area contributed by atoms with E-state index in [9.17, 15) is 8.42 Å². The van der Waals surface area contributed by atoms with Gasteiger partial charge in [-0.15, -0.1) is 0 Å². The van der Waals surface area contributed by atoms with Crippen LogP contribution < -0.4 is 14.2 Å². The zero-order chi connectivity index (χ0) is 17.2. The number of sulfonamides is 1. The Labute approximate surface area is 146 Å². The Hall–Kier alpha value is -1.76. The van der Waals surface area contributed by atoms with Gasteiger partial charge in [0.25, 0.3) is 0 Å². The Kier molecular flexibility index (Phi) is 4.99. The summed E-state index contributed by atoms with van der Waals surface area (Å²) < 4.78 is 38.4. The van der Waals surface area contributed by atoms with E-state index in [2.05, 4.69) is 4.72 Å². The molecule has 0 aliphatic carbocycles. The molecule has 5 nitrogen and oxygen atoms in total. The van der Waals surface area contributed by atoms with E-state index in [1.54, 1.807) is 43.3 Å². The maximum Gasteiger partial charge on any atom is 0.216 e. The smallest absolute Gasteiger partial charge is 0.216 e. The van der Waals surface area contributed by atoms with Crippen LogP contribution in [0.3, 0.4) is 0 Å². The molecule has 0 aromatic heterocycles. The second-order valence-corrected chi connectivity index (χ2v) is 7.82. The summed E-state index contributed by atoms with van der Waals surface area (Å²) in [7, 11) is -3.50. The van der Waals surface area contributed by atoms with Crippen LogP contribution in [0.4, 0.5) is 0 Å².